The Morgan fingerprint density at radius 1 is 0.833 bits per heavy atom. The van der Waals surface area contributed by atoms with E-state index < -0.39 is 0 Å². The molecule has 3 aromatic rings. The van der Waals surface area contributed by atoms with E-state index in [2.05, 4.69) is 10.3 Å². The number of hydrogen-bond acceptors (Lipinski definition) is 2. The van der Waals surface area contributed by atoms with Gasteiger partial charge in [0.1, 0.15) is 11.6 Å². The predicted molar refractivity (Wildman–Crippen MR) is 71.4 cm³/mol. The highest BCUT2D eigenvalue weighted by molar-refractivity contribution is 5.80. The Kier molecular flexibility index (Phi) is 2.65. The first kappa shape index (κ1) is 10.7. The van der Waals surface area contributed by atoms with Gasteiger partial charge in [-0.25, -0.2) is 9.37 Å². The van der Waals surface area contributed by atoms with Crippen LogP contribution < -0.4 is 5.32 Å². The molecule has 0 saturated heterocycles. The number of nitrogens with one attached hydrogen (secondary N) is 1. The van der Waals surface area contributed by atoms with E-state index in [1.54, 1.807) is 18.2 Å². The maximum Gasteiger partial charge on any atom is 0.146 e. The number of nitrogens with zero attached hydrogens (tertiary/aromatic N) is 1. The third-order valence-electron chi connectivity index (χ3n) is 2.74. The predicted octanol–water partition coefficient (Wildman–Crippen LogP) is 4.12. The average molecular weight is 238 g/mol. The molecular weight excluding hydrogens is 227 g/mol. The topological polar surface area (TPSA) is 24.9 Å². The molecule has 0 aliphatic carbocycles. The SMILES string of the molecule is Fc1ccccc1Nc1ccc2ccccc2n1. The van der Waals surface area contributed by atoms with Gasteiger partial charge in [0.05, 0.1) is 11.2 Å². The molecule has 0 spiro atoms. The zero-order chi connectivity index (χ0) is 12.4. The minimum Gasteiger partial charge on any atom is -0.338 e. The molecule has 2 nitrogen and oxygen atoms in total. The zero-order valence-corrected chi connectivity index (χ0v) is 9.60. The Balaban J connectivity index is 1.98. The van der Waals surface area contributed by atoms with Crippen LogP contribution in [0.2, 0.25) is 0 Å². The largest absolute Gasteiger partial charge is 0.338 e. The minimum atomic E-state index is -0.285. The van der Waals surface area contributed by atoms with E-state index >= 15 is 0 Å². The van der Waals surface area contributed by atoms with E-state index in [0.29, 0.717) is 11.5 Å². The number of fused-ring (bicyclic) bond motifs is 1. The fourth-order valence-electron chi connectivity index (χ4n) is 1.84. The number of benzene rings is 2. The summed E-state index contributed by atoms with van der Waals surface area (Å²) in [6, 6.07) is 18.2. The summed E-state index contributed by atoms with van der Waals surface area (Å²) in [6.45, 7) is 0. The molecule has 2 aromatic carbocycles. The maximum atomic E-state index is 13.5. The molecule has 0 unspecified atom stereocenters. The Bertz CT molecular complexity index is 695. The van der Waals surface area contributed by atoms with Crippen molar-refractivity contribution in [1.82, 2.24) is 4.98 Å². The normalized spacial score (nSPS) is 10.5. The highest BCUT2D eigenvalue weighted by atomic mass is 19.1. The molecule has 0 atom stereocenters. The van der Waals surface area contributed by atoms with Gasteiger partial charge < -0.3 is 5.32 Å². The Labute approximate surface area is 104 Å². The van der Waals surface area contributed by atoms with Crippen molar-refractivity contribution in [2.45, 2.75) is 0 Å². The summed E-state index contributed by atoms with van der Waals surface area (Å²) >= 11 is 0. The van der Waals surface area contributed by atoms with E-state index in [-0.39, 0.29) is 5.82 Å². The molecule has 0 fully saturated rings. The number of pyridine rings is 1. The molecule has 1 aromatic heterocycles. The monoisotopic (exact) mass is 238 g/mol. The Morgan fingerprint density at radius 3 is 2.50 bits per heavy atom. The molecule has 0 radical (unpaired) electrons. The molecule has 0 saturated carbocycles. The van der Waals surface area contributed by atoms with Crippen LogP contribution in [0.25, 0.3) is 10.9 Å². The number of halogens is 1. The quantitative estimate of drug-likeness (QED) is 0.726. The molecule has 3 heteroatoms. The summed E-state index contributed by atoms with van der Waals surface area (Å²) < 4.78 is 13.5. The smallest absolute Gasteiger partial charge is 0.146 e. The number of rotatable bonds is 2. The number of aromatic nitrogens is 1. The first-order valence-corrected chi connectivity index (χ1v) is 5.70. The summed E-state index contributed by atoms with van der Waals surface area (Å²) in [5.74, 6) is 0.353. The summed E-state index contributed by atoms with van der Waals surface area (Å²) in [7, 11) is 0. The molecule has 0 bridgehead atoms. The van der Waals surface area contributed by atoms with Gasteiger partial charge in [0, 0.05) is 5.39 Å². The van der Waals surface area contributed by atoms with Crippen LogP contribution in [0, 0.1) is 5.82 Å². The van der Waals surface area contributed by atoms with E-state index in [1.807, 2.05) is 36.4 Å². The van der Waals surface area contributed by atoms with E-state index in [4.69, 9.17) is 0 Å². The first-order chi connectivity index (χ1) is 8.83. The fraction of sp³-hybridized carbons (Fsp3) is 0. The summed E-state index contributed by atoms with van der Waals surface area (Å²) in [5, 5.41) is 4.04. The van der Waals surface area contributed by atoms with Gasteiger partial charge in [-0.15, -0.1) is 0 Å². The van der Waals surface area contributed by atoms with Gasteiger partial charge in [-0.1, -0.05) is 30.3 Å². The van der Waals surface area contributed by atoms with Crippen LogP contribution in [0.1, 0.15) is 0 Å². The standard InChI is InChI=1S/C15H11FN2/c16-12-6-2-4-8-14(12)18-15-10-9-11-5-1-3-7-13(11)17-15/h1-10H,(H,17,18). The van der Waals surface area contributed by atoms with Crippen LogP contribution in [-0.2, 0) is 0 Å². The highest BCUT2D eigenvalue weighted by Crippen LogP contribution is 2.20. The lowest BCUT2D eigenvalue weighted by Gasteiger charge is -2.07. The zero-order valence-electron chi connectivity index (χ0n) is 9.60. The van der Waals surface area contributed by atoms with Gasteiger partial charge in [-0.3, -0.25) is 0 Å². The molecule has 18 heavy (non-hydrogen) atoms. The van der Waals surface area contributed by atoms with Crippen LogP contribution in [0.5, 0.6) is 0 Å². The third-order valence-corrected chi connectivity index (χ3v) is 2.74. The van der Waals surface area contributed by atoms with Crippen molar-refractivity contribution in [3.63, 3.8) is 0 Å². The number of hydrogen-bond donors (Lipinski definition) is 1. The molecule has 3 rings (SSSR count). The number of anilines is 2. The van der Waals surface area contributed by atoms with Gasteiger partial charge >= 0.3 is 0 Å². The van der Waals surface area contributed by atoms with Gasteiger partial charge in [-0.2, -0.15) is 0 Å². The molecular formula is C15H11FN2. The molecule has 0 aliphatic heterocycles. The van der Waals surface area contributed by atoms with Crippen molar-refractivity contribution in [3.05, 3.63) is 66.5 Å². The van der Waals surface area contributed by atoms with Crippen molar-refractivity contribution in [1.29, 1.82) is 0 Å². The Morgan fingerprint density at radius 2 is 1.61 bits per heavy atom. The van der Waals surface area contributed by atoms with Crippen LogP contribution in [-0.4, -0.2) is 4.98 Å². The van der Waals surface area contributed by atoms with Crippen LogP contribution in [0.15, 0.2) is 60.7 Å². The second-order valence-electron chi connectivity index (χ2n) is 3.99. The lowest BCUT2D eigenvalue weighted by atomic mass is 10.2. The minimum absolute atomic E-state index is 0.285. The molecule has 88 valence electrons. The molecule has 0 aliphatic rings. The lowest BCUT2D eigenvalue weighted by molar-refractivity contribution is 0.632. The second-order valence-corrected chi connectivity index (χ2v) is 3.99. The van der Waals surface area contributed by atoms with Crippen LogP contribution >= 0.6 is 0 Å². The lowest BCUT2D eigenvalue weighted by Crippen LogP contribution is -1.95. The van der Waals surface area contributed by atoms with Gasteiger partial charge in [0.2, 0.25) is 0 Å². The highest BCUT2D eigenvalue weighted by Gasteiger charge is 2.02. The second kappa shape index (κ2) is 4.45. The van der Waals surface area contributed by atoms with Crippen LogP contribution in [0.3, 0.4) is 0 Å². The van der Waals surface area contributed by atoms with Gasteiger partial charge in [0.25, 0.3) is 0 Å². The van der Waals surface area contributed by atoms with E-state index in [9.17, 15) is 4.39 Å². The number of para-hydroxylation sites is 2. The maximum absolute atomic E-state index is 13.5. The fourth-order valence-corrected chi connectivity index (χ4v) is 1.84. The van der Waals surface area contributed by atoms with E-state index in [0.717, 1.165) is 10.9 Å². The molecule has 0 amide bonds. The molecule has 1 heterocycles. The van der Waals surface area contributed by atoms with Crippen molar-refractivity contribution in [3.8, 4) is 0 Å². The van der Waals surface area contributed by atoms with Crippen molar-refractivity contribution >= 4 is 22.4 Å². The van der Waals surface area contributed by atoms with Crippen molar-refractivity contribution in [2.75, 3.05) is 5.32 Å². The van der Waals surface area contributed by atoms with Crippen molar-refractivity contribution in [2.24, 2.45) is 0 Å². The first-order valence-electron chi connectivity index (χ1n) is 5.70. The molecule has 1 N–H and O–H groups in total. The summed E-state index contributed by atoms with van der Waals surface area (Å²) in [6.07, 6.45) is 0. The summed E-state index contributed by atoms with van der Waals surface area (Å²) in [5.41, 5.74) is 1.32. The Hall–Kier alpha value is -2.42. The average Bonchev–Trinajstić information content (AvgIpc) is 2.41. The van der Waals surface area contributed by atoms with E-state index in [1.165, 1.54) is 6.07 Å². The summed E-state index contributed by atoms with van der Waals surface area (Å²) in [4.78, 5) is 4.43. The van der Waals surface area contributed by atoms with Crippen LogP contribution in [0.4, 0.5) is 15.9 Å². The van der Waals surface area contributed by atoms with Crippen molar-refractivity contribution < 1.29 is 4.39 Å². The third kappa shape index (κ3) is 2.02. The van der Waals surface area contributed by atoms with Gasteiger partial charge in [0.15, 0.2) is 0 Å². The van der Waals surface area contributed by atoms with Gasteiger partial charge in [-0.05, 0) is 30.3 Å².